The normalized spacial score (nSPS) is 12.2. The Morgan fingerprint density at radius 3 is 2.52 bits per heavy atom. The highest BCUT2D eigenvalue weighted by molar-refractivity contribution is 5.89. The molecule has 23 heavy (non-hydrogen) atoms. The monoisotopic (exact) mass is 334 g/mol. The number of ether oxygens (including phenoxy) is 3. The van der Waals surface area contributed by atoms with Crippen molar-refractivity contribution >= 4 is 11.9 Å². The first-order chi connectivity index (χ1) is 10.7. The van der Waals surface area contributed by atoms with Crippen molar-refractivity contribution < 1.29 is 42.1 Å². The van der Waals surface area contributed by atoms with Gasteiger partial charge in [0.15, 0.2) is 0 Å². The van der Waals surface area contributed by atoms with Crippen LogP contribution in [0.2, 0.25) is 0 Å². The number of alkyl halides is 3. The number of hydrogen-bond donors (Lipinski definition) is 1. The van der Waals surface area contributed by atoms with E-state index in [-0.39, 0.29) is 5.56 Å². The van der Waals surface area contributed by atoms with Crippen LogP contribution in [0.1, 0.15) is 10.4 Å². The molecule has 126 valence electrons. The molecule has 0 aliphatic carbocycles. The number of rotatable bonds is 7. The number of hydrogen-bond acceptors (Lipinski definition) is 6. The molecule has 1 N–H and O–H groups in total. The van der Waals surface area contributed by atoms with Crippen LogP contribution in [0.5, 0.6) is 5.75 Å². The quantitative estimate of drug-likeness (QED) is 0.605. The van der Waals surface area contributed by atoms with E-state index in [4.69, 9.17) is 4.74 Å². The van der Waals surface area contributed by atoms with E-state index in [0.29, 0.717) is 0 Å². The molecule has 1 rings (SSSR count). The Hall–Kier alpha value is -2.55. The van der Waals surface area contributed by atoms with Gasteiger partial charge >= 0.3 is 18.3 Å². The van der Waals surface area contributed by atoms with Crippen LogP contribution in [0, 0.1) is 0 Å². The molecule has 1 aromatic rings. The molecule has 0 bridgehead atoms. The second kappa shape index (κ2) is 8.18. The van der Waals surface area contributed by atoms with Crippen molar-refractivity contribution in [1.29, 1.82) is 0 Å². The zero-order valence-corrected chi connectivity index (χ0v) is 11.7. The second-order valence-electron chi connectivity index (χ2n) is 4.16. The maximum absolute atomic E-state index is 12.1. The lowest BCUT2D eigenvalue weighted by Crippen LogP contribution is -2.25. The standard InChI is InChI=1S/C14H13F3O6/c1-2-12(19)21-7-10(18)8-22-13(20)9-4-3-5-11(6-9)23-14(15,16)17/h2-6,10,18H,1,7-8H2. The maximum atomic E-state index is 12.1. The molecule has 6 nitrogen and oxygen atoms in total. The summed E-state index contributed by atoms with van der Waals surface area (Å²) in [5.41, 5.74) is -0.193. The van der Waals surface area contributed by atoms with Gasteiger partial charge in [-0.15, -0.1) is 13.2 Å². The van der Waals surface area contributed by atoms with Gasteiger partial charge in [0, 0.05) is 6.08 Å². The molecule has 1 atom stereocenters. The predicted octanol–water partition coefficient (Wildman–Crippen LogP) is 1.83. The number of benzene rings is 1. The van der Waals surface area contributed by atoms with Crippen LogP contribution >= 0.6 is 0 Å². The van der Waals surface area contributed by atoms with Gasteiger partial charge in [-0.2, -0.15) is 0 Å². The van der Waals surface area contributed by atoms with Crippen LogP contribution in [0.15, 0.2) is 36.9 Å². The van der Waals surface area contributed by atoms with E-state index in [1.54, 1.807) is 0 Å². The minimum Gasteiger partial charge on any atom is -0.460 e. The Bertz CT molecular complexity index is 570. The van der Waals surface area contributed by atoms with Crippen molar-refractivity contribution in [3.05, 3.63) is 42.5 Å². The summed E-state index contributed by atoms with van der Waals surface area (Å²) < 4.78 is 49.2. The van der Waals surface area contributed by atoms with Crippen molar-refractivity contribution in [3.63, 3.8) is 0 Å². The number of aliphatic hydroxyl groups is 1. The molecular weight excluding hydrogens is 321 g/mol. The zero-order valence-electron chi connectivity index (χ0n) is 11.7. The molecular formula is C14H13F3O6. The van der Waals surface area contributed by atoms with E-state index in [9.17, 15) is 27.9 Å². The van der Waals surface area contributed by atoms with Gasteiger partial charge in [0.25, 0.3) is 0 Å². The van der Waals surface area contributed by atoms with Crippen LogP contribution in [0.25, 0.3) is 0 Å². The van der Waals surface area contributed by atoms with E-state index >= 15 is 0 Å². The maximum Gasteiger partial charge on any atom is 0.573 e. The van der Waals surface area contributed by atoms with Gasteiger partial charge < -0.3 is 19.3 Å². The van der Waals surface area contributed by atoms with Gasteiger partial charge in [-0.3, -0.25) is 0 Å². The second-order valence-corrected chi connectivity index (χ2v) is 4.16. The molecule has 0 fully saturated rings. The highest BCUT2D eigenvalue weighted by Gasteiger charge is 2.31. The van der Waals surface area contributed by atoms with Crippen molar-refractivity contribution in [1.82, 2.24) is 0 Å². The molecule has 1 unspecified atom stereocenters. The first kappa shape index (κ1) is 18.5. The van der Waals surface area contributed by atoms with Crippen molar-refractivity contribution in [2.45, 2.75) is 12.5 Å². The number of aliphatic hydroxyl groups excluding tert-OH is 1. The smallest absolute Gasteiger partial charge is 0.460 e. The minimum absolute atomic E-state index is 0.193. The van der Waals surface area contributed by atoms with Gasteiger partial charge in [-0.05, 0) is 18.2 Å². The molecule has 0 saturated heterocycles. The van der Waals surface area contributed by atoms with Crippen LogP contribution in [-0.4, -0.2) is 42.7 Å². The Morgan fingerprint density at radius 1 is 1.26 bits per heavy atom. The molecule has 0 aliphatic heterocycles. The summed E-state index contributed by atoms with van der Waals surface area (Å²) in [5.74, 6) is -2.30. The third-order valence-electron chi connectivity index (χ3n) is 2.29. The molecule has 9 heteroatoms. The first-order valence-corrected chi connectivity index (χ1v) is 6.21. The van der Waals surface area contributed by atoms with Crippen molar-refractivity contribution in [2.24, 2.45) is 0 Å². The van der Waals surface area contributed by atoms with E-state index in [1.165, 1.54) is 12.1 Å². The van der Waals surface area contributed by atoms with Gasteiger partial charge in [-0.1, -0.05) is 12.6 Å². The molecule has 0 amide bonds. The largest absolute Gasteiger partial charge is 0.573 e. The van der Waals surface area contributed by atoms with Crippen LogP contribution < -0.4 is 4.74 Å². The fourth-order valence-corrected chi connectivity index (χ4v) is 1.36. The number of carbonyl (C=O) groups excluding carboxylic acids is 2. The van der Waals surface area contributed by atoms with E-state index < -0.39 is 43.4 Å². The highest BCUT2D eigenvalue weighted by atomic mass is 19.4. The lowest BCUT2D eigenvalue weighted by molar-refractivity contribution is -0.274. The van der Waals surface area contributed by atoms with Gasteiger partial charge in [0.2, 0.25) is 0 Å². The summed E-state index contributed by atoms with van der Waals surface area (Å²) in [4.78, 5) is 22.4. The van der Waals surface area contributed by atoms with Crippen LogP contribution in [-0.2, 0) is 14.3 Å². The van der Waals surface area contributed by atoms with E-state index in [0.717, 1.165) is 18.2 Å². The third kappa shape index (κ3) is 7.32. The molecule has 0 spiro atoms. The minimum atomic E-state index is -4.88. The molecule has 0 aliphatic rings. The Kier molecular flexibility index (Phi) is 6.58. The average molecular weight is 334 g/mol. The van der Waals surface area contributed by atoms with Crippen molar-refractivity contribution in [2.75, 3.05) is 13.2 Å². The fourth-order valence-electron chi connectivity index (χ4n) is 1.36. The topological polar surface area (TPSA) is 82.1 Å². The Labute approximate surface area is 129 Å². The summed E-state index contributed by atoms with van der Waals surface area (Å²) in [6, 6.07) is 4.27. The number of carbonyl (C=O) groups is 2. The predicted molar refractivity (Wildman–Crippen MR) is 70.6 cm³/mol. The van der Waals surface area contributed by atoms with Gasteiger partial charge in [-0.25, -0.2) is 9.59 Å². The highest BCUT2D eigenvalue weighted by Crippen LogP contribution is 2.23. The molecule has 1 aromatic carbocycles. The molecule has 0 radical (unpaired) electrons. The zero-order chi connectivity index (χ0) is 17.5. The summed E-state index contributed by atoms with van der Waals surface area (Å²) in [6.45, 7) is 2.22. The number of esters is 2. The fraction of sp³-hybridized carbons (Fsp3) is 0.286. The SMILES string of the molecule is C=CC(=O)OCC(O)COC(=O)c1cccc(OC(F)(F)F)c1. The Morgan fingerprint density at radius 2 is 1.91 bits per heavy atom. The lowest BCUT2D eigenvalue weighted by Gasteiger charge is -2.12. The average Bonchev–Trinajstić information content (AvgIpc) is 2.48. The summed E-state index contributed by atoms with van der Waals surface area (Å²) in [7, 11) is 0. The van der Waals surface area contributed by atoms with Gasteiger partial charge in [0.1, 0.15) is 25.1 Å². The lowest BCUT2D eigenvalue weighted by atomic mass is 10.2. The van der Waals surface area contributed by atoms with E-state index in [1.807, 2.05) is 0 Å². The van der Waals surface area contributed by atoms with Crippen molar-refractivity contribution in [3.8, 4) is 5.75 Å². The molecule has 0 heterocycles. The third-order valence-corrected chi connectivity index (χ3v) is 2.29. The van der Waals surface area contributed by atoms with Gasteiger partial charge in [0.05, 0.1) is 5.56 Å². The number of halogens is 3. The van der Waals surface area contributed by atoms with E-state index in [2.05, 4.69) is 16.1 Å². The Balaban J connectivity index is 2.53. The van der Waals surface area contributed by atoms with Crippen LogP contribution in [0.4, 0.5) is 13.2 Å². The molecule has 0 saturated carbocycles. The molecule has 0 aromatic heterocycles. The summed E-state index contributed by atoms with van der Waals surface area (Å²) in [6.07, 6.45) is -5.27. The van der Waals surface area contributed by atoms with Crippen LogP contribution in [0.3, 0.4) is 0 Å². The summed E-state index contributed by atoms with van der Waals surface area (Å²) >= 11 is 0. The first-order valence-electron chi connectivity index (χ1n) is 6.21. The summed E-state index contributed by atoms with van der Waals surface area (Å²) in [5, 5.41) is 9.43.